The topological polar surface area (TPSA) is 80.5 Å². The van der Waals surface area contributed by atoms with Gasteiger partial charge in [0.1, 0.15) is 10.7 Å². The molecule has 1 amide bonds. The first kappa shape index (κ1) is 14.7. The van der Waals surface area contributed by atoms with Crippen LogP contribution in [0.25, 0.3) is 0 Å². The van der Waals surface area contributed by atoms with Gasteiger partial charge in [0.05, 0.1) is 6.61 Å². The van der Waals surface area contributed by atoms with Crippen molar-refractivity contribution in [2.45, 2.75) is 6.92 Å². The van der Waals surface area contributed by atoms with Crippen LogP contribution in [0.3, 0.4) is 0 Å². The lowest BCUT2D eigenvalue weighted by Crippen LogP contribution is -2.29. The van der Waals surface area contributed by atoms with Crippen molar-refractivity contribution in [1.29, 1.82) is 0 Å². The lowest BCUT2D eigenvalue weighted by molar-refractivity contribution is 0.0939. The molecule has 1 aromatic heterocycles. The number of ether oxygens (including phenoxy) is 1. The number of rotatable bonds is 6. The number of methoxy groups -OCH3 is 1. The Morgan fingerprint density at radius 2 is 2.28 bits per heavy atom. The van der Waals surface area contributed by atoms with Crippen LogP contribution in [0, 0.1) is 5.92 Å². The average Bonchev–Trinajstić information content (AvgIpc) is 2.69. The van der Waals surface area contributed by atoms with Crippen LogP contribution in [0.1, 0.15) is 16.6 Å². The Morgan fingerprint density at radius 3 is 2.78 bits per heavy atom. The fraction of sp³-hybridized carbons (Fsp3) is 0.636. The fourth-order valence-corrected chi connectivity index (χ4v) is 2.19. The smallest absolute Gasteiger partial charge is 0.265 e. The molecule has 1 unspecified atom stereocenters. The molecule has 0 saturated heterocycles. The summed E-state index contributed by atoms with van der Waals surface area (Å²) in [4.78, 5) is 18.3. The highest BCUT2D eigenvalue weighted by atomic mass is 32.1. The molecule has 1 rings (SSSR count). The molecule has 1 aromatic rings. The Kier molecular flexibility index (Phi) is 5.36. The number of hydrogen-bond acceptors (Lipinski definition) is 6. The van der Waals surface area contributed by atoms with E-state index < -0.39 is 0 Å². The van der Waals surface area contributed by atoms with E-state index in [1.54, 1.807) is 7.11 Å². The SMILES string of the molecule is COCC(C)CNC(=O)c1sc(N(C)C)nc1N. The second-order valence-corrected chi connectivity index (χ2v) is 5.35. The molecule has 6 nitrogen and oxygen atoms in total. The minimum atomic E-state index is -0.180. The Balaban J connectivity index is 2.61. The molecular weight excluding hydrogens is 252 g/mol. The van der Waals surface area contributed by atoms with Crippen molar-refractivity contribution in [1.82, 2.24) is 10.3 Å². The quantitative estimate of drug-likeness (QED) is 0.801. The van der Waals surface area contributed by atoms with Crippen molar-refractivity contribution in [2.24, 2.45) is 5.92 Å². The Bertz CT molecular complexity index is 406. The van der Waals surface area contributed by atoms with Gasteiger partial charge in [-0.2, -0.15) is 0 Å². The minimum Gasteiger partial charge on any atom is -0.384 e. The number of carbonyl (C=O) groups is 1. The largest absolute Gasteiger partial charge is 0.384 e. The van der Waals surface area contributed by atoms with E-state index >= 15 is 0 Å². The molecule has 102 valence electrons. The van der Waals surface area contributed by atoms with Crippen molar-refractivity contribution in [2.75, 3.05) is 45.0 Å². The van der Waals surface area contributed by atoms with Crippen molar-refractivity contribution >= 4 is 28.2 Å². The van der Waals surface area contributed by atoms with Gasteiger partial charge in [-0.05, 0) is 5.92 Å². The van der Waals surface area contributed by atoms with Crippen LogP contribution in [-0.4, -0.2) is 45.2 Å². The van der Waals surface area contributed by atoms with Crippen molar-refractivity contribution < 1.29 is 9.53 Å². The molecular formula is C11H20N4O2S. The van der Waals surface area contributed by atoms with Crippen LogP contribution in [0.2, 0.25) is 0 Å². The summed E-state index contributed by atoms with van der Waals surface area (Å²) >= 11 is 1.29. The zero-order valence-corrected chi connectivity index (χ0v) is 12.0. The van der Waals surface area contributed by atoms with E-state index in [9.17, 15) is 4.79 Å². The predicted octanol–water partition coefficient (Wildman–Crippen LogP) is 0.804. The fourth-order valence-electron chi connectivity index (χ4n) is 1.36. The molecule has 0 saturated carbocycles. The molecule has 0 radical (unpaired) electrons. The lowest BCUT2D eigenvalue weighted by atomic mass is 10.2. The molecule has 0 aliphatic rings. The number of anilines is 2. The van der Waals surface area contributed by atoms with Gasteiger partial charge in [0.15, 0.2) is 5.13 Å². The summed E-state index contributed by atoms with van der Waals surface area (Å²) < 4.78 is 5.01. The van der Waals surface area contributed by atoms with Crippen molar-refractivity contribution in [3.05, 3.63) is 4.88 Å². The van der Waals surface area contributed by atoms with Gasteiger partial charge in [0.25, 0.3) is 5.91 Å². The normalized spacial score (nSPS) is 12.2. The van der Waals surface area contributed by atoms with Gasteiger partial charge in [0.2, 0.25) is 0 Å². The first-order valence-electron chi connectivity index (χ1n) is 5.66. The van der Waals surface area contributed by atoms with Crippen LogP contribution in [0.4, 0.5) is 10.9 Å². The second-order valence-electron chi connectivity index (χ2n) is 4.38. The van der Waals surface area contributed by atoms with Gasteiger partial charge in [-0.25, -0.2) is 4.98 Å². The lowest BCUT2D eigenvalue weighted by Gasteiger charge is -2.10. The summed E-state index contributed by atoms with van der Waals surface area (Å²) in [6, 6.07) is 0. The Hall–Kier alpha value is -1.34. The maximum atomic E-state index is 11.9. The summed E-state index contributed by atoms with van der Waals surface area (Å²) in [6.45, 7) is 3.17. The number of carbonyl (C=O) groups excluding carboxylic acids is 1. The maximum Gasteiger partial charge on any atom is 0.265 e. The van der Waals surface area contributed by atoms with Crippen LogP contribution in [0.5, 0.6) is 0 Å². The zero-order valence-electron chi connectivity index (χ0n) is 11.2. The molecule has 18 heavy (non-hydrogen) atoms. The summed E-state index contributed by atoms with van der Waals surface area (Å²) in [5, 5.41) is 3.55. The van der Waals surface area contributed by atoms with E-state index in [1.165, 1.54) is 11.3 Å². The van der Waals surface area contributed by atoms with Gasteiger partial charge >= 0.3 is 0 Å². The van der Waals surface area contributed by atoms with Gasteiger partial charge in [-0.3, -0.25) is 4.79 Å². The molecule has 0 spiro atoms. The highest BCUT2D eigenvalue weighted by Gasteiger charge is 2.17. The molecule has 1 atom stereocenters. The van der Waals surface area contributed by atoms with E-state index in [4.69, 9.17) is 10.5 Å². The van der Waals surface area contributed by atoms with Crippen LogP contribution in [0.15, 0.2) is 0 Å². The molecule has 0 aliphatic carbocycles. The number of aromatic nitrogens is 1. The Labute approximate surface area is 111 Å². The highest BCUT2D eigenvalue weighted by molar-refractivity contribution is 7.18. The molecule has 7 heteroatoms. The van der Waals surface area contributed by atoms with Crippen molar-refractivity contribution in [3.8, 4) is 0 Å². The highest BCUT2D eigenvalue weighted by Crippen LogP contribution is 2.26. The second kappa shape index (κ2) is 6.55. The molecule has 0 bridgehead atoms. The third-order valence-corrected chi connectivity index (χ3v) is 3.53. The molecule has 3 N–H and O–H groups in total. The molecule has 0 aliphatic heterocycles. The summed E-state index contributed by atoms with van der Waals surface area (Å²) in [6.07, 6.45) is 0. The number of nitrogens with zero attached hydrogens (tertiary/aromatic N) is 2. The standard InChI is InChI=1S/C11H20N4O2S/c1-7(6-17-4)5-13-10(16)8-9(12)14-11(18-8)15(2)3/h7H,5-6,12H2,1-4H3,(H,13,16). The van der Waals surface area contributed by atoms with Gasteiger partial charge in [-0.15, -0.1) is 0 Å². The van der Waals surface area contributed by atoms with Gasteiger partial charge < -0.3 is 20.7 Å². The van der Waals surface area contributed by atoms with Crippen molar-refractivity contribution in [3.63, 3.8) is 0 Å². The number of hydrogen-bond donors (Lipinski definition) is 2. The number of nitrogens with one attached hydrogen (secondary N) is 1. The first-order chi connectivity index (χ1) is 8.45. The van der Waals surface area contributed by atoms with Gasteiger partial charge in [-0.1, -0.05) is 18.3 Å². The van der Waals surface area contributed by atoms with Crippen LogP contribution >= 0.6 is 11.3 Å². The Morgan fingerprint density at radius 1 is 1.61 bits per heavy atom. The van der Waals surface area contributed by atoms with E-state index in [0.29, 0.717) is 18.0 Å². The summed E-state index contributed by atoms with van der Waals surface area (Å²) in [7, 11) is 5.37. The van der Waals surface area contributed by atoms with Gasteiger partial charge in [0, 0.05) is 27.7 Å². The minimum absolute atomic E-state index is 0.180. The number of nitrogen functional groups attached to an aromatic ring is 1. The summed E-state index contributed by atoms with van der Waals surface area (Å²) in [5.41, 5.74) is 5.73. The monoisotopic (exact) mass is 272 g/mol. The summed E-state index contributed by atoms with van der Waals surface area (Å²) in [5.74, 6) is 0.364. The molecule has 0 aromatic carbocycles. The zero-order chi connectivity index (χ0) is 13.7. The predicted molar refractivity (Wildman–Crippen MR) is 74.2 cm³/mol. The van der Waals surface area contributed by atoms with E-state index in [2.05, 4.69) is 10.3 Å². The maximum absolute atomic E-state index is 11.9. The van der Waals surface area contributed by atoms with E-state index in [-0.39, 0.29) is 17.6 Å². The first-order valence-corrected chi connectivity index (χ1v) is 6.48. The van der Waals surface area contributed by atoms with Crippen LogP contribution in [-0.2, 0) is 4.74 Å². The van der Waals surface area contributed by atoms with Crippen LogP contribution < -0.4 is 16.0 Å². The average molecular weight is 272 g/mol. The molecule has 1 heterocycles. The number of amides is 1. The number of nitrogens with two attached hydrogens (primary N) is 1. The van der Waals surface area contributed by atoms with E-state index in [1.807, 2.05) is 25.9 Å². The molecule has 0 fully saturated rings. The third-order valence-electron chi connectivity index (χ3n) is 2.29. The number of thiazole rings is 1. The third kappa shape index (κ3) is 3.85. The van der Waals surface area contributed by atoms with E-state index in [0.717, 1.165) is 5.13 Å².